The van der Waals surface area contributed by atoms with Crippen LogP contribution in [0.3, 0.4) is 0 Å². The van der Waals surface area contributed by atoms with Gasteiger partial charge in [0.1, 0.15) is 22.8 Å². The number of phenolic OH excluding ortho intramolecular Hbond substituents is 3. The Balaban J connectivity index is 2.40. The van der Waals surface area contributed by atoms with E-state index in [0.29, 0.717) is 16.3 Å². The topological polar surface area (TPSA) is 87.0 Å². The van der Waals surface area contributed by atoms with E-state index in [2.05, 4.69) is 0 Å². The molecule has 3 N–H and O–H groups in total. The first-order valence-electron chi connectivity index (χ1n) is 9.59. The molecule has 0 atom stereocenters. The molecule has 0 saturated carbocycles. The van der Waals surface area contributed by atoms with Crippen LogP contribution >= 0.6 is 0 Å². The van der Waals surface area contributed by atoms with Crippen molar-refractivity contribution in [3.8, 4) is 28.4 Å². The van der Waals surface area contributed by atoms with E-state index in [9.17, 15) is 20.1 Å². The average Bonchev–Trinajstić information content (AvgIpc) is 2.67. The Labute approximate surface area is 170 Å². The maximum Gasteiger partial charge on any atom is 0.341 e. The van der Waals surface area contributed by atoms with E-state index in [1.807, 2.05) is 39.8 Å². The Morgan fingerprint density at radius 3 is 1.97 bits per heavy atom. The Hall–Kier alpha value is -3.21. The number of ether oxygens (including phenoxy) is 1. The van der Waals surface area contributed by atoms with Crippen molar-refractivity contribution in [2.75, 3.05) is 7.11 Å². The molecule has 0 aromatic heterocycles. The van der Waals surface area contributed by atoms with Crippen LogP contribution in [-0.4, -0.2) is 28.4 Å². The summed E-state index contributed by atoms with van der Waals surface area (Å²) >= 11 is 0. The van der Waals surface area contributed by atoms with Crippen molar-refractivity contribution >= 4 is 16.7 Å². The van der Waals surface area contributed by atoms with Crippen LogP contribution in [0.4, 0.5) is 0 Å². The Bertz CT molecular complexity index is 1070. The molecule has 0 bridgehead atoms. The smallest absolute Gasteiger partial charge is 0.341 e. The minimum absolute atomic E-state index is 0.0267. The fourth-order valence-electron chi connectivity index (χ4n) is 3.63. The number of fused-ring (bicyclic) bond motifs is 1. The first-order chi connectivity index (χ1) is 13.6. The third-order valence-electron chi connectivity index (χ3n) is 5.22. The van der Waals surface area contributed by atoms with Gasteiger partial charge in [-0.1, -0.05) is 33.8 Å². The molecular weight excluding hydrogens is 368 g/mol. The van der Waals surface area contributed by atoms with E-state index in [0.717, 1.165) is 16.7 Å². The van der Waals surface area contributed by atoms with Crippen molar-refractivity contribution in [2.45, 2.75) is 39.5 Å². The molecule has 0 aliphatic carbocycles. The molecule has 0 spiro atoms. The fraction of sp³-hybridized carbons (Fsp3) is 0.292. The average molecular weight is 394 g/mol. The van der Waals surface area contributed by atoms with Crippen LogP contribution in [0, 0.1) is 0 Å². The lowest BCUT2D eigenvalue weighted by atomic mass is 9.87. The molecule has 0 amide bonds. The molecule has 152 valence electrons. The highest BCUT2D eigenvalue weighted by Crippen LogP contribution is 2.43. The van der Waals surface area contributed by atoms with Gasteiger partial charge in [0, 0.05) is 5.56 Å². The second-order valence-electron chi connectivity index (χ2n) is 7.85. The normalized spacial score (nSPS) is 11.4. The lowest BCUT2D eigenvalue weighted by Crippen LogP contribution is -2.02. The standard InChI is InChI=1S/C24H26O5/c1-12(2)16-8-15(9-17(13(3)4)23(16)27)22-18-11-19(24(28)29-5)21(26)10-14(18)6-7-20(22)25/h6-13,25-27H,1-5H3. The Morgan fingerprint density at radius 1 is 0.862 bits per heavy atom. The van der Waals surface area contributed by atoms with Crippen LogP contribution in [0.1, 0.15) is 61.0 Å². The van der Waals surface area contributed by atoms with Crippen molar-refractivity contribution in [1.82, 2.24) is 0 Å². The van der Waals surface area contributed by atoms with Gasteiger partial charge in [0.25, 0.3) is 0 Å². The lowest BCUT2D eigenvalue weighted by Gasteiger charge is -2.19. The van der Waals surface area contributed by atoms with Crippen molar-refractivity contribution in [3.05, 3.63) is 53.1 Å². The third kappa shape index (κ3) is 3.60. The summed E-state index contributed by atoms with van der Waals surface area (Å²) < 4.78 is 4.76. The third-order valence-corrected chi connectivity index (χ3v) is 5.22. The number of benzene rings is 3. The summed E-state index contributed by atoms with van der Waals surface area (Å²) in [5.74, 6) is -0.355. The van der Waals surface area contributed by atoms with Crippen molar-refractivity contribution in [1.29, 1.82) is 0 Å². The molecule has 0 radical (unpaired) electrons. The summed E-state index contributed by atoms with van der Waals surface area (Å²) in [4.78, 5) is 12.1. The number of methoxy groups -OCH3 is 1. The summed E-state index contributed by atoms with van der Waals surface area (Å²) in [6.07, 6.45) is 0. The summed E-state index contributed by atoms with van der Waals surface area (Å²) in [7, 11) is 1.25. The van der Waals surface area contributed by atoms with Gasteiger partial charge in [0.2, 0.25) is 0 Å². The zero-order valence-electron chi connectivity index (χ0n) is 17.3. The number of carbonyl (C=O) groups is 1. The van der Waals surface area contributed by atoms with Gasteiger partial charge in [-0.15, -0.1) is 0 Å². The molecule has 0 unspecified atom stereocenters. The minimum atomic E-state index is -0.657. The maximum absolute atomic E-state index is 12.1. The molecule has 3 rings (SSSR count). The molecule has 0 aliphatic rings. The number of hydrogen-bond acceptors (Lipinski definition) is 5. The largest absolute Gasteiger partial charge is 0.507 e. The van der Waals surface area contributed by atoms with Crippen LogP contribution in [0.5, 0.6) is 17.2 Å². The van der Waals surface area contributed by atoms with E-state index in [-0.39, 0.29) is 34.6 Å². The molecule has 0 fully saturated rings. The van der Waals surface area contributed by atoms with Gasteiger partial charge in [0.05, 0.1) is 7.11 Å². The fourth-order valence-corrected chi connectivity index (χ4v) is 3.63. The highest BCUT2D eigenvalue weighted by molar-refractivity contribution is 6.05. The quantitative estimate of drug-likeness (QED) is 0.497. The zero-order valence-corrected chi connectivity index (χ0v) is 17.3. The van der Waals surface area contributed by atoms with Crippen molar-refractivity contribution < 1.29 is 24.9 Å². The highest BCUT2D eigenvalue weighted by Gasteiger charge is 2.20. The predicted molar refractivity (Wildman–Crippen MR) is 114 cm³/mol. The Morgan fingerprint density at radius 2 is 1.45 bits per heavy atom. The number of rotatable bonds is 4. The van der Waals surface area contributed by atoms with E-state index < -0.39 is 5.97 Å². The minimum Gasteiger partial charge on any atom is -0.507 e. The number of esters is 1. The molecule has 0 saturated heterocycles. The van der Waals surface area contributed by atoms with Crippen LogP contribution in [-0.2, 0) is 4.74 Å². The SMILES string of the molecule is COC(=O)c1cc2c(-c3cc(C(C)C)c(O)c(C(C)C)c3)c(O)ccc2cc1O. The second-order valence-corrected chi connectivity index (χ2v) is 7.85. The van der Waals surface area contributed by atoms with Gasteiger partial charge in [-0.3, -0.25) is 0 Å². The molecule has 0 aliphatic heterocycles. The first kappa shape index (κ1) is 20.5. The number of aromatic hydroxyl groups is 3. The molecular formula is C24H26O5. The number of carbonyl (C=O) groups excluding carboxylic acids is 1. The molecule has 5 heteroatoms. The molecule has 29 heavy (non-hydrogen) atoms. The van der Waals surface area contributed by atoms with Crippen molar-refractivity contribution in [2.24, 2.45) is 0 Å². The van der Waals surface area contributed by atoms with Gasteiger partial charge in [-0.2, -0.15) is 0 Å². The lowest BCUT2D eigenvalue weighted by molar-refractivity contribution is 0.0597. The summed E-state index contributed by atoms with van der Waals surface area (Å²) in [6.45, 7) is 8.00. The summed E-state index contributed by atoms with van der Waals surface area (Å²) in [5.41, 5.74) is 2.87. The van der Waals surface area contributed by atoms with Gasteiger partial charge in [-0.05, 0) is 69.6 Å². The number of phenols is 3. The molecule has 0 heterocycles. The summed E-state index contributed by atoms with van der Waals surface area (Å²) in [5, 5.41) is 32.9. The van der Waals surface area contributed by atoms with Crippen LogP contribution in [0.2, 0.25) is 0 Å². The van der Waals surface area contributed by atoms with Crippen LogP contribution in [0.25, 0.3) is 21.9 Å². The predicted octanol–water partition coefficient (Wildman–Crippen LogP) is 5.66. The van der Waals surface area contributed by atoms with E-state index in [4.69, 9.17) is 4.74 Å². The van der Waals surface area contributed by atoms with Crippen molar-refractivity contribution in [3.63, 3.8) is 0 Å². The highest BCUT2D eigenvalue weighted by atomic mass is 16.5. The first-order valence-corrected chi connectivity index (χ1v) is 9.59. The van der Waals surface area contributed by atoms with E-state index in [1.165, 1.54) is 19.2 Å². The van der Waals surface area contributed by atoms with Crippen LogP contribution < -0.4 is 0 Å². The van der Waals surface area contributed by atoms with E-state index in [1.54, 1.807) is 12.1 Å². The van der Waals surface area contributed by atoms with Gasteiger partial charge in [0.15, 0.2) is 0 Å². The van der Waals surface area contributed by atoms with Gasteiger partial charge in [-0.25, -0.2) is 4.79 Å². The van der Waals surface area contributed by atoms with E-state index >= 15 is 0 Å². The zero-order chi connectivity index (χ0) is 21.5. The van der Waals surface area contributed by atoms with Crippen LogP contribution in [0.15, 0.2) is 36.4 Å². The second kappa shape index (κ2) is 7.66. The van der Waals surface area contributed by atoms with Gasteiger partial charge >= 0.3 is 5.97 Å². The Kier molecular flexibility index (Phi) is 5.42. The molecule has 3 aromatic carbocycles. The maximum atomic E-state index is 12.1. The molecule has 3 aromatic rings. The number of hydrogen-bond donors (Lipinski definition) is 3. The summed E-state index contributed by atoms with van der Waals surface area (Å²) in [6, 6.07) is 9.99. The monoisotopic (exact) mass is 394 g/mol. The molecule has 5 nitrogen and oxygen atoms in total. The van der Waals surface area contributed by atoms with Gasteiger partial charge < -0.3 is 20.1 Å².